The molecule has 0 radical (unpaired) electrons. The van der Waals surface area contributed by atoms with Gasteiger partial charge in [-0.1, -0.05) is 19.1 Å². The van der Waals surface area contributed by atoms with Crippen molar-refractivity contribution in [3.8, 4) is 0 Å². The summed E-state index contributed by atoms with van der Waals surface area (Å²) in [5, 5.41) is 0. The molecule has 0 aromatic carbocycles. The highest BCUT2D eigenvalue weighted by molar-refractivity contribution is 7.91. The summed E-state index contributed by atoms with van der Waals surface area (Å²) < 4.78 is 28.4. The highest BCUT2D eigenvalue weighted by atomic mass is 32.2. The summed E-state index contributed by atoms with van der Waals surface area (Å²) in [5.41, 5.74) is 1.00. The molecule has 128 valence electrons. The van der Waals surface area contributed by atoms with Crippen molar-refractivity contribution in [3.63, 3.8) is 0 Å². The summed E-state index contributed by atoms with van der Waals surface area (Å²) >= 11 is 0. The Morgan fingerprint density at radius 2 is 2.05 bits per heavy atom. The van der Waals surface area contributed by atoms with Crippen molar-refractivity contribution in [2.45, 2.75) is 26.3 Å². The minimum atomic E-state index is -3.01. The number of sulfone groups is 1. The highest BCUT2D eigenvalue weighted by Gasteiger charge is 2.34. The van der Waals surface area contributed by atoms with Crippen LogP contribution in [0.3, 0.4) is 0 Å². The zero-order valence-corrected chi connectivity index (χ0v) is 14.7. The van der Waals surface area contributed by atoms with E-state index in [0.717, 1.165) is 12.1 Å². The van der Waals surface area contributed by atoms with Crippen LogP contribution in [0.5, 0.6) is 0 Å². The summed E-state index contributed by atoms with van der Waals surface area (Å²) in [6.45, 7) is 10.3. The molecule has 0 saturated carbocycles. The third-order valence-electron chi connectivity index (χ3n) is 3.81. The van der Waals surface area contributed by atoms with E-state index in [0.29, 0.717) is 26.1 Å². The lowest BCUT2D eigenvalue weighted by Crippen LogP contribution is -2.47. The molecule has 0 bridgehead atoms. The number of methoxy groups -OCH3 is 1. The van der Waals surface area contributed by atoms with Gasteiger partial charge in [-0.05, 0) is 19.9 Å². The van der Waals surface area contributed by atoms with Crippen molar-refractivity contribution in [1.82, 2.24) is 9.80 Å². The maximum atomic E-state index is 12.6. The van der Waals surface area contributed by atoms with Crippen LogP contribution >= 0.6 is 0 Å². The molecule has 0 aromatic heterocycles. The van der Waals surface area contributed by atoms with Crippen molar-refractivity contribution in [3.05, 3.63) is 12.2 Å². The van der Waals surface area contributed by atoms with Gasteiger partial charge in [0, 0.05) is 26.2 Å². The number of nitrogens with zero attached hydrogens (tertiary/aromatic N) is 2. The lowest BCUT2D eigenvalue weighted by atomic mass is 10.2. The van der Waals surface area contributed by atoms with E-state index >= 15 is 0 Å². The monoisotopic (exact) mass is 332 g/mol. The SMILES string of the molecule is C=C(C)CN(CC)CC(=O)N(CCOC)C1CCS(=O)(=O)C1. The van der Waals surface area contributed by atoms with E-state index in [1.165, 1.54) is 0 Å². The van der Waals surface area contributed by atoms with Gasteiger partial charge < -0.3 is 9.64 Å². The first-order valence-corrected chi connectivity index (χ1v) is 9.46. The van der Waals surface area contributed by atoms with Crippen LogP contribution in [0, 0.1) is 0 Å². The van der Waals surface area contributed by atoms with Crippen LogP contribution in [0.1, 0.15) is 20.3 Å². The van der Waals surface area contributed by atoms with Gasteiger partial charge in [0.25, 0.3) is 0 Å². The van der Waals surface area contributed by atoms with Gasteiger partial charge in [0.2, 0.25) is 5.91 Å². The van der Waals surface area contributed by atoms with E-state index < -0.39 is 9.84 Å². The van der Waals surface area contributed by atoms with Crippen molar-refractivity contribution in [1.29, 1.82) is 0 Å². The van der Waals surface area contributed by atoms with Crippen LogP contribution in [0.15, 0.2) is 12.2 Å². The molecule has 1 saturated heterocycles. The fourth-order valence-corrected chi connectivity index (χ4v) is 4.40. The van der Waals surface area contributed by atoms with Crippen LogP contribution in [0.4, 0.5) is 0 Å². The molecule has 1 unspecified atom stereocenters. The van der Waals surface area contributed by atoms with Gasteiger partial charge in [0.15, 0.2) is 9.84 Å². The molecule has 1 rings (SSSR count). The summed E-state index contributed by atoms with van der Waals surface area (Å²) in [6.07, 6.45) is 0.518. The van der Waals surface area contributed by atoms with Crippen molar-refractivity contribution in [2.75, 3.05) is 51.4 Å². The Bertz CT molecular complexity index is 490. The van der Waals surface area contributed by atoms with Crippen LogP contribution in [0.2, 0.25) is 0 Å². The Morgan fingerprint density at radius 1 is 1.36 bits per heavy atom. The molecule has 1 fully saturated rings. The summed E-state index contributed by atoms with van der Waals surface area (Å²) in [7, 11) is -1.44. The molecule has 1 amide bonds. The third kappa shape index (κ3) is 6.06. The first kappa shape index (κ1) is 19.1. The predicted molar refractivity (Wildman–Crippen MR) is 87.6 cm³/mol. The molecule has 0 aromatic rings. The van der Waals surface area contributed by atoms with E-state index in [1.807, 2.05) is 18.7 Å². The molecule has 1 atom stereocenters. The third-order valence-corrected chi connectivity index (χ3v) is 5.56. The lowest BCUT2D eigenvalue weighted by Gasteiger charge is -2.30. The number of carbonyl (C=O) groups excluding carboxylic acids is 1. The standard InChI is InChI=1S/C15H28N2O4S/c1-5-16(10-13(2)3)11-15(18)17(7-8-21-4)14-6-9-22(19,20)12-14/h14H,2,5-12H2,1,3-4H3. The summed E-state index contributed by atoms with van der Waals surface area (Å²) in [5.74, 6) is 0.189. The van der Waals surface area contributed by atoms with E-state index in [1.54, 1.807) is 12.0 Å². The van der Waals surface area contributed by atoms with E-state index in [4.69, 9.17) is 4.74 Å². The Kier molecular flexibility index (Phi) is 7.52. The number of hydrogen-bond donors (Lipinski definition) is 0. The average Bonchev–Trinajstić information content (AvgIpc) is 2.78. The lowest BCUT2D eigenvalue weighted by molar-refractivity contribution is -0.134. The number of rotatable bonds is 9. The fourth-order valence-electron chi connectivity index (χ4n) is 2.67. The number of carbonyl (C=O) groups is 1. The molecule has 0 spiro atoms. The maximum Gasteiger partial charge on any atom is 0.237 e. The Balaban J connectivity index is 2.73. The van der Waals surface area contributed by atoms with Crippen molar-refractivity contribution >= 4 is 15.7 Å². The molecular formula is C15H28N2O4S. The average molecular weight is 332 g/mol. The van der Waals surface area contributed by atoms with Gasteiger partial charge in [0.05, 0.1) is 24.7 Å². The first-order chi connectivity index (χ1) is 10.3. The number of likely N-dealkylation sites (N-methyl/N-ethyl adjacent to an activating group) is 1. The maximum absolute atomic E-state index is 12.6. The number of ether oxygens (including phenoxy) is 1. The van der Waals surface area contributed by atoms with Gasteiger partial charge in [-0.15, -0.1) is 0 Å². The second-order valence-corrected chi connectivity index (χ2v) is 8.13. The quantitative estimate of drug-likeness (QED) is 0.577. The van der Waals surface area contributed by atoms with Crippen LogP contribution in [0.25, 0.3) is 0 Å². The van der Waals surface area contributed by atoms with Gasteiger partial charge in [-0.25, -0.2) is 8.42 Å². The molecule has 1 aliphatic rings. The molecule has 0 N–H and O–H groups in total. The van der Waals surface area contributed by atoms with Crippen molar-refractivity contribution in [2.24, 2.45) is 0 Å². The smallest absolute Gasteiger partial charge is 0.237 e. The number of amides is 1. The summed E-state index contributed by atoms with van der Waals surface area (Å²) in [6, 6.07) is -0.226. The zero-order valence-electron chi connectivity index (χ0n) is 13.9. The number of hydrogen-bond acceptors (Lipinski definition) is 5. The first-order valence-electron chi connectivity index (χ1n) is 7.64. The van der Waals surface area contributed by atoms with Gasteiger partial charge in [0.1, 0.15) is 0 Å². The Morgan fingerprint density at radius 3 is 2.50 bits per heavy atom. The molecule has 0 aliphatic carbocycles. The second-order valence-electron chi connectivity index (χ2n) is 5.90. The van der Waals surface area contributed by atoms with Gasteiger partial charge in [-0.2, -0.15) is 0 Å². The van der Waals surface area contributed by atoms with Gasteiger partial charge >= 0.3 is 0 Å². The molecule has 7 heteroatoms. The van der Waals surface area contributed by atoms with Crippen LogP contribution < -0.4 is 0 Å². The second kappa shape index (κ2) is 8.64. The molecule has 22 heavy (non-hydrogen) atoms. The Labute approximate surface area is 134 Å². The normalized spacial score (nSPS) is 20.3. The summed E-state index contributed by atoms with van der Waals surface area (Å²) in [4.78, 5) is 16.3. The molecule has 6 nitrogen and oxygen atoms in total. The van der Waals surface area contributed by atoms with Crippen LogP contribution in [-0.2, 0) is 19.4 Å². The minimum absolute atomic E-state index is 0.0396. The highest BCUT2D eigenvalue weighted by Crippen LogP contribution is 2.18. The van der Waals surface area contributed by atoms with E-state index in [2.05, 4.69) is 6.58 Å². The zero-order chi connectivity index (χ0) is 16.8. The predicted octanol–water partition coefficient (Wildman–Crippen LogP) is 0.547. The molecule has 1 aliphatic heterocycles. The van der Waals surface area contributed by atoms with Gasteiger partial charge in [-0.3, -0.25) is 9.69 Å². The Hall–Kier alpha value is -0.920. The van der Waals surface area contributed by atoms with E-state index in [9.17, 15) is 13.2 Å². The fraction of sp³-hybridized carbons (Fsp3) is 0.800. The van der Waals surface area contributed by atoms with Crippen molar-refractivity contribution < 1.29 is 17.9 Å². The molecular weight excluding hydrogens is 304 g/mol. The minimum Gasteiger partial charge on any atom is -0.383 e. The largest absolute Gasteiger partial charge is 0.383 e. The topological polar surface area (TPSA) is 66.9 Å². The molecule has 1 heterocycles. The van der Waals surface area contributed by atoms with E-state index in [-0.39, 0.29) is 30.0 Å². The van der Waals surface area contributed by atoms with Crippen LogP contribution in [-0.4, -0.2) is 81.6 Å².